The molecule has 4 nitrogen and oxygen atoms in total. The van der Waals surface area contributed by atoms with Gasteiger partial charge in [-0.1, -0.05) is 17.7 Å². The summed E-state index contributed by atoms with van der Waals surface area (Å²) in [7, 11) is 0. The molecule has 1 aromatic carbocycles. The lowest BCUT2D eigenvalue weighted by Gasteiger charge is -2.29. The van der Waals surface area contributed by atoms with Crippen LogP contribution in [0.15, 0.2) is 18.2 Å². The van der Waals surface area contributed by atoms with E-state index in [1.807, 2.05) is 23.1 Å². The topological polar surface area (TPSA) is 44.4 Å². The molecule has 2 rings (SSSR count). The van der Waals surface area contributed by atoms with Gasteiger partial charge in [0.15, 0.2) is 0 Å². The van der Waals surface area contributed by atoms with Gasteiger partial charge in [0.25, 0.3) is 0 Å². The van der Waals surface area contributed by atoms with Crippen molar-refractivity contribution < 1.29 is 4.79 Å². The molecule has 0 saturated carbocycles. The van der Waals surface area contributed by atoms with Gasteiger partial charge < -0.3 is 15.5 Å². The number of carbonyl (C=O) groups is 1. The van der Waals surface area contributed by atoms with Crippen molar-refractivity contribution in [2.45, 2.75) is 32.9 Å². The van der Waals surface area contributed by atoms with Crippen molar-refractivity contribution in [3.8, 4) is 0 Å². The molecule has 110 valence electrons. The summed E-state index contributed by atoms with van der Waals surface area (Å²) < 4.78 is 0. The summed E-state index contributed by atoms with van der Waals surface area (Å²) >= 11 is 6.35. The summed E-state index contributed by atoms with van der Waals surface area (Å²) in [6, 6.07) is 6.01. The number of hydrogen-bond donors (Lipinski definition) is 2. The zero-order chi connectivity index (χ0) is 14.8. The third kappa shape index (κ3) is 4.12. The van der Waals surface area contributed by atoms with Gasteiger partial charge in [-0.15, -0.1) is 0 Å². The molecule has 1 heterocycles. The van der Waals surface area contributed by atoms with Gasteiger partial charge in [0.2, 0.25) is 5.91 Å². The highest BCUT2D eigenvalue weighted by Crippen LogP contribution is 2.24. The molecule has 1 amide bonds. The molecule has 20 heavy (non-hydrogen) atoms. The fourth-order valence-electron chi connectivity index (χ4n) is 2.10. The van der Waals surface area contributed by atoms with E-state index in [2.05, 4.69) is 31.4 Å². The molecule has 0 atom stereocenters. The molecule has 1 aliphatic heterocycles. The summed E-state index contributed by atoms with van der Waals surface area (Å²) in [5.41, 5.74) is 2.14. The van der Waals surface area contributed by atoms with Crippen molar-refractivity contribution in [3.63, 3.8) is 0 Å². The van der Waals surface area contributed by atoms with Gasteiger partial charge >= 0.3 is 0 Å². The molecule has 1 saturated heterocycles. The van der Waals surface area contributed by atoms with E-state index in [-0.39, 0.29) is 11.4 Å². The maximum absolute atomic E-state index is 11.4. The maximum Gasteiger partial charge on any atom is 0.239 e. The Balaban J connectivity index is 2.07. The van der Waals surface area contributed by atoms with E-state index in [0.29, 0.717) is 13.1 Å². The van der Waals surface area contributed by atoms with Crippen LogP contribution < -0.4 is 15.5 Å². The summed E-state index contributed by atoms with van der Waals surface area (Å²) in [6.07, 6.45) is 0. The molecule has 0 bridgehead atoms. The normalized spacial score (nSPS) is 16.2. The van der Waals surface area contributed by atoms with E-state index < -0.39 is 0 Å². The van der Waals surface area contributed by atoms with Crippen molar-refractivity contribution in [1.29, 1.82) is 0 Å². The lowest BCUT2D eigenvalue weighted by Crippen LogP contribution is -2.47. The first-order valence-electron chi connectivity index (χ1n) is 6.90. The van der Waals surface area contributed by atoms with E-state index in [0.717, 1.165) is 29.4 Å². The van der Waals surface area contributed by atoms with Crippen LogP contribution in [-0.2, 0) is 11.3 Å². The second-order valence-electron chi connectivity index (χ2n) is 6.15. The molecule has 0 aliphatic carbocycles. The van der Waals surface area contributed by atoms with E-state index in [1.165, 1.54) is 0 Å². The van der Waals surface area contributed by atoms with Crippen molar-refractivity contribution in [3.05, 3.63) is 28.8 Å². The molecule has 1 fully saturated rings. The first kappa shape index (κ1) is 15.1. The molecule has 0 radical (unpaired) electrons. The minimum atomic E-state index is 0.0610. The van der Waals surface area contributed by atoms with Crippen molar-refractivity contribution in [2.24, 2.45) is 0 Å². The lowest BCUT2D eigenvalue weighted by atomic mass is 10.1. The third-order valence-electron chi connectivity index (χ3n) is 3.25. The molecular formula is C15H22ClN3O. The Morgan fingerprint density at radius 2 is 2.15 bits per heavy atom. The summed E-state index contributed by atoms with van der Waals surface area (Å²) in [4.78, 5) is 13.5. The van der Waals surface area contributed by atoms with Crippen LogP contribution in [-0.4, -0.2) is 31.1 Å². The zero-order valence-electron chi connectivity index (χ0n) is 12.3. The Morgan fingerprint density at radius 1 is 1.40 bits per heavy atom. The van der Waals surface area contributed by atoms with E-state index in [9.17, 15) is 4.79 Å². The maximum atomic E-state index is 11.4. The number of benzene rings is 1. The number of piperazine rings is 1. The quantitative estimate of drug-likeness (QED) is 0.898. The van der Waals surface area contributed by atoms with Gasteiger partial charge in [0, 0.05) is 35.9 Å². The molecule has 0 spiro atoms. The van der Waals surface area contributed by atoms with Crippen LogP contribution in [0.4, 0.5) is 5.69 Å². The van der Waals surface area contributed by atoms with Gasteiger partial charge in [-0.05, 0) is 38.5 Å². The first-order chi connectivity index (χ1) is 9.35. The van der Waals surface area contributed by atoms with Crippen LogP contribution in [0, 0.1) is 0 Å². The number of amides is 1. The molecule has 1 aromatic rings. The molecule has 0 aromatic heterocycles. The minimum Gasteiger partial charge on any atom is -0.360 e. The highest BCUT2D eigenvalue weighted by atomic mass is 35.5. The van der Waals surface area contributed by atoms with Crippen LogP contribution in [0.5, 0.6) is 0 Å². The molecule has 1 aliphatic rings. The fourth-order valence-corrected chi connectivity index (χ4v) is 2.34. The molecule has 2 N–H and O–H groups in total. The number of halogens is 1. The number of rotatable bonds is 3. The number of nitrogens with one attached hydrogen (secondary N) is 2. The molecule has 0 unspecified atom stereocenters. The van der Waals surface area contributed by atoms with E-state index >= 15 is 0 Å². The van der Waals surface area contributed by atoms with Crippen molar-refractivity contribution in [1.82, 2.24) is 10.6 Å². The van der Waals surface area contributed by atoms with Gasteiger partial charge in [-0.2, -0.15) is 0 Å². The number of anilines is 1. The highest BCUT2D eigenvalue weighted by molar-refractivity contribution is 6.31. The Labute approximate surface area is 125 Å². The predicted molar refractivity (Wildman–Crippen MR) is 83.3 cm³/mol. The van der Waals surface area contributed by atoms with Crippen LogP contribution in [0.1, 0.15) is 26.3 Å². The Kier molecular flexibility index (Phi) is 4.55. The fraction of sp³-hybridized carbons (Fsp3) is 0.533. The Hall–Kier alpha value is -1.26. The van der Waals surface area contributed by atoms with Crippen LogP contribution in [0.25, 0.3) is 0 Å². The Bertz CT molecular complexity index is 496. The third-order valence-corrected chi connectivity index (χ3v) is 3.60. The standard InChI is InChI=1S/C15H22ClN3O/c1-15(2,3)18-9-11-4-5-12(8-13(11)16)19-7-6-17-14(20)10-19/h4-5,8,18H,6-7,9-10H2,1-3H3,(H,17,20). The number of hydrogen-bond acceptors (Lipinski definition) is 3. The summed E-state index contributed by atoms with van der Waals surface area (Å²) in [5, 5.41) is 6.98. The van der Waals surface area contributed by atoms with Gasteiger partial charge in [0.1, 0.15) is 0 Å². The van der Waals surface area contributed by atoms with Crippen LogP contribution in [0.3, 0.4) is 0 Å². The summed E-state index contributed by atoms with van der Waals surface area (Å²) in [6.45, 7) is 9.02. The highest BCUT2D eigenvalue weighted by Gasteiger charge is 2.17. The smallest absolute Gasteiger partial charge is 0.239 e. The van der Waals surface area contributed by atoms with Crippen LogP contribution >= 0.6 is 11.6 Å². The van der Waals surface area contributed by atoms with Crippen LogP contribution in [0.2, 0.25) is 5.02 Å². The molecular weight excluding hydrogens is 274 g/mol. The second kappa shape index (κ2) is 6.02. The average molecular weight is 296 g/mol. The number of carbonyl (C=O) groups excluding carboxylic acids is 1. The molecule has 5 heteroatoms. The van der Waals surface area contributed by atoms with Gasteiger partial charge in [-0.3, -0.25) is 4.79 Å². The van der Waals surface area contributed by atoms with Gasteiger partial charge in [-0.25, -0.2) is 0 Å². The Morgan fingerprint density at radius 3 is 2.75 bits per heavy atom. The lowest BCUT2D eigenvalue weighted by molar-refractivity contribution is -0.120. The minimum absolute atomic E-state index is 0.0610. The summed E-state index contributed by atoms with van der Waals surface area (Å²) in [5.74, 6) is 0.0610. The predicted octanol–water partition coefficient (Wildman–Crippen LogP) is 2.16. The van der Waals surface area contributed by atoms with Crippen molar-refractivity contribution >= 4 is 23.2 Å². The van der Waals surface area contributed by atoms with Crippen molar-refractivity contribution in [2.75, 3.05) is 24.5 Å². The monoisotopic (exact) mass is 295 g/mol. The van der Waals surface area contributed by atoms with Gasteiger partial charge in [0.05, 0.1) is 6.54 Å². The second-order valence-corrected chi connectivity index (χ2v) is 6.56. The zero-order valence-corrected chi connectivity index (χ0v) is 13.0. The number of nitrogens with zero attached hydrogens (tertiary/aromatic N) is 1. The van der Waals surface area contributed by atoms with E-state index in [4.69, 9.17) is 11.6 Å². The SMILES string of the molecule is CC(C)(C)NCc1ccc(N2CCNC(=O)C2)cc1Cl. The average Bonchev–Trinajstić information content (AvgIpc) is 2.36. The first-order valence-corrected chi connectivity index (χ1v) is 7.28. The largest absolute Gasteiger partial charge is 0.360 e. The van der Waals surface area contributed by atoms with E-state index in [1.54, 1.807) is 0 Å².